The van der Waals surface area contributed by atoms with Gasteiger partial charge in [-0.15, -0.1) is 22.7 Å². The van der Waals surface area contributed by atoms with Gasteiger partial charge >= 0.3 is 5.97 Å². The Morgan fingerprint density at radius 3 is 2.89 bits per heavy atom. The number of carboxylic acids is 1. The van der Waals surface area contributed by atoms with Crippen LogP contribution in [0.3, 0.4) is 0 Å². The molecule has 0 bridgehead atoms. The number of aromatic nitrogens is 1. The molecule has 8 heteroatoms. The minimum Gasteiger partial charge on any atom is -0.480 e. The third-order valence-electron chi connectivity index (χ3n) is 2.46. The third-order valence-corrected chi connectivity index (χ3v) is 4.99. The molecule has 0 radical (unpaired) electrons. The summed E-state index contributed by atoms with van der Waals surface area (Å²) in [5.41, 5.74) is 7.10. The van der Waals surface area contributed by atoms with Gasteiger partial charge in [-0.1, -0.05) is 0 Å². The lowest BCUT2D eigenvalue weighted by Crippen LogP contribution is -2.21. The molecule has 102 valence electrons. The number of nitrogens with two attached hydrogens (primary N) is 1. The molecule has 5 nitrogen and oxygen atoms in total. The summed E-state index contributed by atoms with van der Waals surface area (Å²) in [7, 11) is 1.92. The van der Waals surface area contributed by atoms with Crippen LogP contribution in [0.2, 0.25) is 0 Å². The van der Waals surface area contributed by atoms with Crippen LogP contribution >= 0.6 is 38.6 Å². The number of anilines is 1. The molecule has 2 aromatic rings. The predicted molar refractivity (Wildman–Crippen MR) is 80.8 cm³/mol. The van der Waals surface area contributed by atoms with Crippen LogP contribution in [0.5, 0.6) is 0 Å². The fraction of sp³-hybridized carbons (Fsp3) is 0.273. The molecule has 0 aromatic carbocycles. The summed E-state index contributed by atoms with van der Waals surface area (Å²) in [6, 6.07) is 0.993. The molecule has 3 N–H and O–H groups in total. The van der Waals surface area contributed by atoms with Crippen molar-refractivity contribution in [3.8, 4) is 0 Å². The van der Waals surface area contributed by atoms with Crippen LogP contribution in [-0.4, -0.2) is 23.1 Å². The van der Waals surface area contributed by atoms with E-state index in [9.17, 15) is 4.79 Å². The maximum Gasteiger partial charge on any atom is 0.326 e. The Morgan fingerprint density at radius 2 is 2.32 bits per heavy atom. The fourth-order valence-corrected chi connectivity index (χ4v) is 3.52. The molecule has 1 unspecified atom stereocenters. The van der Waals surface area contributed by atoms with Crippen LogP contribution in [0.25, 0.3) is 0 Å². The Bertz CT molecular complexity index is 584. The van der Waals surface area contributed by atoms with Gasteiger partial charge in [-0.05, 0) is 32.9 Å². The molecule has 0 saturated carbocycles. The SMILES string of the molecule is CN(Cc1csc(Br)c1)c1nc(C(N)C(=O)O)cs1. The van der Waals surface area contributed by atoms with Crippen molar-refractivity contribution in [2.45, 2.75) is 12.6 Å². The lowest BCUT2D eigenvalue weighted by molar-refractivity contribution is -0.138. The lowest BCUT2D eigenvalue weighted by Gasteiger charge is -2.14. The van der Waals surface area contributed by atoms with Gasteiger partial charge in [0.25, 0.3) is 0 Å². The van der Waals surface area contributed by atoms with Crippen LogP contribution in [0, 0.1) is 0 Å². The quantitative estimate of drug-likeness (QED) is 0.855. The Morgan fingerprint density at radius 1 is 1.58 bits per heavy atom. The molecule has 0 amide bonds. The van der Waals surface area contributed by atoms with E-state index < -0.39 is 12.0 Å². The zero-order valence-electron chi connectivity index (χ0n) is 10.0. The Hall–Kier alpha value is -0.960. The summed E-state index contributed by atoms with van der Waals surface area (Å²) >= 11 is 6.45. The Labute approximate surface area is 126 Å². The summed E-state index contributed by atoms with van der Waals surface area (Å²) in [5.74, 6) is -1.07. The fourth-order valence-electron chi connectivity index (χ4n) is 1.49. The van der Waals surface area contributed by atoms with Gasteiger partial charge < -0.3 is 15.7 Å². The number of thiazole rings is 1. The van der Waals surface area contributed by atoms with Gasteiger partial charge in [0, 0.05) is 19.0 Å². The van der Waals surface area contributed by atoms with Gasteiger partial charge in [-0.3, -0.25) is 4.79 Å². The molecule has 0 spiro atoms. The monoisotopic (exact) mass is 361 g/mol. The summed E-state index contributed by atoms with van der Waals surface area (Å²) in [6.45, 7) is 0.720. The molecule has 2 aromatic heterocycles. The number of carboxylic acid groups (broad SMARTS) is 1. The first-order valence-corrected chi connectivity index (χ1v) is 7.90. The molecule has 19 heavy (non-hydrogen) atoms. The number of thiophene rings is 1. The van der Waals surface area contributed by atoms with Crippen molar-refractivity contribution < 1.29 is 9.90 Å². The van der Waals surface area contributed by atoms with E-state index in [1.165, 1.54) is 16.9 Å². The van der Waals surface area contributed by atoms with E-state index in [0.29, 0.717) is 5.69 Å². The minimum atomic E-state index is -1.07. The van der Waals surface area contributed by atoms with E-state index in [1.807, 2.05) is 11.9 Å². The summed E-state index contributed by atoms with van der Waals surface area (Å²) in [5, 5.41) is 13.4. The smallest absolute Gasteiger partial charge is 0.326 e. The van der Waals surface area contributed by atoms with Gasteiger partial charge in [0.15, 0.2) is 5.13 Å². The maximum atomic E-state index is 10.8. The van der Waals surface area contributed by atoms with Crippen molar-refractivity contribution in [3.05, 3.63) is 31.9 Å². The molecule has 2 rings (SSSR count). The van der Waals surface area contributed by atoms with Crippen LogP contribution in [0.1, 0.15) is 17.3 Å². The summed E-state index contributed by atoms with van der Waals surface area (Å²) in [4.78, 5) is 17.0. The first-order valence-electron chi connectivity index (χ1n) is 5.35. The van der Waals surface area contributed by atoms with Crippen LogP contribution in [0.15, 0.2) is 20.6 Å². The van der Waals surface area contributed by atoms with Gasteiger partial charge in [-0.2, -0.15) is 0 Å². The van der Waals surface area contributed by atoms with Gasteiger partial charge in [0.1, 0.15) is 6.04 Å². The van der Waals surface area contributed by atoms with Gasteiger partial charge in [0.05, 0.1) is 9.48 Å². The number of nitrogens with zero attached hydrogens (tertiary/aromatic N) is 2. The summed E-state index contributed by atoms with van der Waals surface area (Å²) in [6.07, 6.45) is 0. The summed E-state index contributed by atoms with van der Waals surface area (Å²) < 4.78 is 1.09. The lowest BCUT2D eigenvalue weighted by atomic mass is 10.2. The number of aliphatic carboxylic acids is 1. The second-order valence-corrected chi connectivity index (χ2v) is 7.11. The van der Waals surface area contributed by atoms with E-state index in [1.54, 1.807) is 16.7 Å². The van der Waals surface area contributed by atoms with Gasteiger partial charge in [-0.25, -0.2) is 4.98 Å². The number of carbonyl (C=O) groups is 1. The third kappa shape index (κ3) is 3.53. The molecule has 0 saturated heterocycles. The van der Waals surface area contributed by atoms with Crippen LogP contribution < -0.4 is 10.6 Å². The largest absolute Gasteiger partial charge is 0.480 e. The van der Waals surface area contributed by atoms with Crippen molar-refractivity contribution in [1.29, 1.82) is 0 Å². The van der Waals surface area contributed by atoms with Crippen molar-refractivity contribution in [3.63, 3.8) is 0 Å². The van der Waals surface area contributed by atoms with Crippen LogP contribution in [-0.2, 0) is 11.3 Å². The Balaban J connectivity index is 2.07. The van der Waals surface area contributed by atoms with Crippen LogP contribution in [0.4, 0.5) is 5.13 Å². The molecule has 0 aliphatic heterocycles. The zero-order valence-corrected chi connectivity index (χ0v) is 13.3. The molecule has 0 aliphatic carbocycles. The van der Waals surface area contributed by atoms with E-state index in [4.69, 9.17) is 10.8 Å². The van der Waals surface area contributed by atoms with Crippen molar-refractivity contribution in [2.75, 3.05) is 11.9 Å². The minimum absolute atomic E-state index is 0.394. The molecule has 1 atom stereocenters. The maximum absolute atomic E-state index is 10.8. The van der Waals surface area contributed by atoms with E-state index in [0.717, 1.165) is 15.5 Å². The molecular formula is C11H12BrN3O2S2. The Kier molecular flexibility index (Phi) is 4.56. The highest BCUT2D eigenvalue weighted by molar-refractivity contribution is 9.11. The van der Waals surface area contributed by atoms with Crippen molar-refractivity contribution >= 4 is 49.7 Å². The zero-order chi connectivity index (χ0) is 14.0. The topological polar surface area (TPSA) is 79.5 Å². The molecule has 0 aliphatic rings. The number of hydrogen-bond donors (Lipinski definition) is 2. The highest BCUT2D eigenvalue weighted by Crippen LogP contribution is 2.26. The second kappa shape index (κ2) is 6.00. The normalized spacial score (nSPS) is 12.4. The first-order chi connectivity index (χ1) is 8.97. The van der Waals surface area contributed by atoms with E-state index >= 15 is 0 Å². The molecular weight excluding hydrogens is 350 g/mol. The molecule has 0 fully saturated rings. The van der Waals surface area contributed by atoms with Gasteiger partial charge in [0.2, 0.25) is 0 Å². The van der Waals surface area contributed by atoms with E-state index in [-0.39, 0.29) is 0 Å². The average Bonchev–Trinajstić information content (AvgIpc) is 2.97. The number of halogens is 1. The van der Waals surface area contributed by atoms with Crippen molar-refractivity contribution in [2.24, 2.45) is 5.73 Å². The van der Waals surface area contributed by atoms with E-state index in [2.05, 4.69) is 32.4 Å². The highest BCUT2D eigenvalue weighted by Gasteiger charge is 2.18. The standard InChI is InChI=1S/C11H12BrN3O2S2/c1-15(3-6-2-8(12)18-4-6)11-14-7(5-19-11)9(13)10(16)17/h2,4-5,9H,3,13H2,1H3,(H,16,17). The second-order valence-electron chi connectivity index (χ2n) is 3.99. The first kappa shape index (κ1) is 14.4. The highest BCUT2D eigenvalue weighted by atomic mass is 79.9. The number of rotatable bonds is 5. The predicted octanol–water partition coefficient (Wildman–Crippen LogP) is 2.69. The number of hydrogen-bond acceptors (Lipinski definition) is 6. The molecule has 2 heterocycles. The van der Waals surface area contributed by atoms with Crippen molar-refractivity contribution in [1.82, 2.24) is 4.98 Å². The average molecular weight is 362 g/mol.